The Morgan fingerprint density at radius 3 is 2.57 bits per heavy atom. The summed E-state index contributed by atoms with van der Waals surface area (Å²) < 4.78 is 10.4. The van der Waals surface area contributed by atoms with Crippen LogP contribution in [0.3, 0.4) is 0 Å². The number of aromatic nitrogens is 2. The molecule has 2 aromatic carbocycles. The van der Waals surface area contributed by atoms with E-state index in [-0.39, 0.29) is 23.0 Å². The van der Waals surface area contributed by atoms with Gasteiger partial charge in [-0.3, -0.25) is 29.4 Å². The normalized spacial score (nSPS) is 10.6. The molecule has 2 amide bonds. The zero-order chi connectivity index (χ0) is 21.5. The number of carbonyl (C=O) groups excluding carboxylic acids is 2. The Labute approximate surface area is 170 Å². The Kier molecular flexibility index (Phi) is 6.60. The van der Waals surface area contributed by atoms with E-state index in [0.717, 1.165) is 0 Å². The molecule has 30 heavy (non-hydrogen) atoms. The van der Waals surface area contributed by atoms with Gasteiger partial charge in [0.25, 0.3) is 17.0 Å². The van der Waals surface area contributed by atoms with Gasteiger partial charge in [-0.15, -0.1) is 0 Å². The molecule has 0 radical (unpaired) electrons. The molecule has 3 rings (SSSR count). The number of carbonyl (C=O) groups is 2. The minimum Gasteiger partial charge on any atom is -0.491 e. The monoisotopic (exact) mass is 412 g/mol. The lowest BCUT2D eigenvalue weighted by molar-refractivity contribution is -0.115. The van der Waals surface area contributed by atoms with Crippen molar-refractivity contribution in [2.45, 2.75) is 0 Å². The topological polar surface area (TPSA) is 142 Å². The van der Waals surface area contributed by atoms with Crippen LogP contribution in [0, 0.1) is 0 Å². The quantitative estimate of drug-likeness (QED) is 0.399. The predicted molar refractivity (Wildman–Crippen MR) is 110 cm³/mol. The van der Waals surface area contributed by atoms with E-state index < -0.39 is 22.9 Å². The molecule has 10 heteroatoms. The fourth-order valence-electron chi connectivity index (χ4n) is 2.76. The van der Waals surface area contributed by atoms with Gasteiger partial charge >= 0.3 is 0 Å². The van der Waals surface area contributed by atoms with E-state index in [0.29, 0.717) is 24.5 Å². The van der Waals surface area contributed by atoms with Gasteiger partial charge in [-0.25, -0.2) is 0 Å². The average molecular weight is 412 g/mol. The highest BCUT2D eigenvalue weighted by atomic mass is 16.5. The van der Waals surface area contributed by atoms with Crippen LogP contribution in [0.4, 0.5) is 5.69 Å². The maximum absolute atomic E-state index is 12.3. The molecule has 10 nitrogen and oxygen atoms in total. The van der Waals surface area contributed by atoms with Crippen molar-refractivity contribution in [2.24, 2.45) is 0 Å². The van der Waals surface area contributed by atoms with Crippen molar-refractivity contribution in [3.63, 3.8) is 0 Å². The molecule has 0 bridgehead atoms. The fraction of sp³-hybridized carbons (Fsp3) is 0.200. The van der Waals surface area contributed by atoms with E-state index in [9.17, 15) is 19.2 Å². The number of H-pyrrole nitrogens is 2. The third kappa shape index (κ3) is 4.92. The fourth-order valence-corrected chi connectivity index (χ4v) is 2.76. The van der Waals surface area contributed by atoms with Crippen LogP contribution in [0.25, 0.3) is 10.8 Å². The molecule has 3 aromatic rings. The van der Waals surface area contributed by atoms with Crippen LogP contribution in [0.5, 0.6) is 5.75 Å². The van der Waals surface area contributed by atoms with Crippen molar-refractivity contribution in [2.75, 3.05) is 32.2 Å². The van der Waals surface area contributed by atoms with Crippen molar-refractivity contribution in [1.29, 1.82) is 0 Å². The van der Waals surface area contributed by atoms with Gasteiger partial charge in [-0.05, 0) is 30.3 Å². The molecule has 0 saturated heterocycles. The Morgan fingerprint density at radius 1 is 1.00 bits per heavy atom. The molecule has 0 unspecified atom stereocenters. The summed E-state index contributed by atoms with van der Waals surface area (Å²) in [6, 6.07) is 11.0. The van der Waals surface area contributed by atoms with Crippen molar-refractivity contribution < 1.29 is 19.1 Å². The third-order valence-corrected chi connectivity index (χ3v) is 4.16. The van der Waals surface area contributed by atoms with Crippen molar-refractivity contribution in [1.82, 2.24) is 15.5 Å². The Bertz CT molecular complexity index is 1180. The lowest BCUT2D eigenvalue weighted by atomic mass is 10.1. The maximum atomic E-state index is 12.3. The molecule has 0 atom stereocenters. The summed E-state index contributed by atoms with van der Waals surface area (Å²) in [5.41, 5.74) is -0.532. The first kappa shape index (κ1) is 20.8. The minimum absolute atomic E-state index is 0.0573. The Balaban J connectivity index is 1.64. The van der Waals surface area contributed by atoms with E-state index in [1.807, 2.05) is 0 Å². The lowest BCUT2D eigenvalue weighted by Crippen LogP contribution is -2.33. The van der Waals surface area contributed by atoms with Crippen molar-refractivity contribution in [3.8, 4) is 5.75 Å². The number of nitrogens with one attached hydrogen (secondary N) is 4. The second-order valence-corrected chi connectivity index (χ2v) is 6.24. The van der Waals surface area contributed by atoms with Gasteiger partial charge in [0.2, 0.25) is 5.91 Å². The molecule has 4 N–H and O–H groups in total. The number of rotatable bonds is 8. The van der Waals surface area contributed by atoms with Crippen molar-refractivity contribution in [3.05, 3.63) is 68.7 Å². The second kappa shape index (κ2) is 9.52. The second-order valence-electron chi connectivity index (χ2n) is 6.24. The van der Waals surface area contributed by atoms with E-state index in [4.69, 9.17) is 9.47 Å². The van der Waals surface area contributed by atoms with Crippen LogP contribution in [-0.4, -0.2) is 48.9 Å². The standard InChI is InChI=1S/C20H20N4O6/c1-29-8-9-30-13-5-2-4-12(10-13)18(26)21-11-16(25)22-15-7-3-6-14-17(15)20(28)24-23-19(14)27/h2-7,10H,8-9,11H2,1H3,(H,21,26)(H,22,25)(H,23,27)(H,24,28). The Hall–Kier alpha value is -3.92. The Morgan fingerprint density at radius 2 is 1.77 bits per heavy atom. The molecule has 156 valence electrons. The molecule has 1 heterocycles. The zero-order valence-electron chi connectivity index (χ0n) is 16.1. The predicted octanol–water partition coefficient (Wildman–Crippen LogP) is 0.610. The highest BCUT2D eigenvalue weighted by Crippen LogP contribution is 2.16. The number of amides is 2. The molecule has 0 saturated carbocycles. The van der Waals surface area contributed by atoms with Gasteiger partial charge in [0.05, 0.1) is 29.6 Å². The van der Waals surface area contributed by atoms with Crippen LogP contribution in [0.15, 0.2) is 52.1 Å². The van der Waals surface area contributed by atoms with E-state index in [1.165, 1.54) is 12.1 Å². The summed E-state index contributed by atoms with van der Waals surface area (Å²) in [7, 11) is 1.56. The van der Waals surface area contributed by atoms with Gasteiger partial charge < -0.3 is 20.1 Å². The first-order valence-electron chi connectivity index (χ1n) is 9.03. The van der Waals surface area contributed by atoms with Crippen molar-refractivity contribution >= 4 is 28.3 Å². The summed E-state index contributed by atoms with van der Waals surface area (Å²) >= 11 is 0. The number of fused-ring (bicyclic) bond motifs is 1. The highest BCUT2D eigenvalue weighted by Gasteiger charge is 2.13. The van der Waals surface area contributed by atoms with Gasteiger partial charge in [0, 0.05) is 12.7 Å². The summed E-state index contributed by atoms with van der Waals surface area (Å²) in [6.45, 7) is 0.432. The maximum Gasteiger partial charge on any atom is 0.272 e. The van der Waals surface area contributed by atoms with Gasteiger partial charge in [0.1, 0.15) is 12.4 Å². The molecule has 0 aliphatic rings. The number of methoxy groups -OCH3 is 1. The lowest BCUT2D eigenvalue weighted by Gasteiger charge is -2.10. The molecule has 0 fully saturated rings. The SMILES string of the molecule is COCCOc1cccc(C(=O)NCC(=O)Nc2cccc3c(=O)[nH][nH]c(=O)c23)c1. The zero-order valence-corrected chi connectivity index (χ0v) is 16.1. The summed E-state index contributed by atoms with van der Waals surface area (Å²) in [4.78, 5) is 48.5. The third-order valence-electron chi connectivity index (χ3n) is 4.16. The minimum atomic E-state index is -0.553. The van der Waals surface area contributed by atoms with Crippen LogP contribution in [0.2, 0.25) is 0 Å². The first-order valence-corrected chi connectivity index (χ1v) is 9.03. The number of benzene rings is 2. The van der Waals surface area contributed by atoms with E-state index in [2.05, 4.69) is 20.8 Å². The number of hydrogen-bond acceptors (Lipinski definition) is 6. The van der Waals surface area contributed by atoms with Gasteiger partial charge in [-0.2, -0.15) is 0 Å². The van der Waals surface area contributed by atoms with Crippen LogP contribution in [0.1, 0.15) is 10.4 Å². The number of hydrogen-bond donors (Lipinski definition) is 4. The van der Waals surface area contributed by atoms with Gasteiger partial charge in [0.15, 0.2) is 0 Å². The largest absolute Gasteiger partial charge is 0.491 e. The summed E-state index contributed by atoms with van der Waals surface area (Å²) in [6.07, 6.45) is 0. The molecule has 1 aromatic heterocycles. The average Bonchev–Trinajstić information content (AvgIpc) is 2.75. The number of anilines is 1. The van der Waals surface area contributed by atoms with Gasteiger partial charge in [-0.1, -0.05) is 12.1 Å². The summed E-state index contributed by atoms with van der Waals surface area (Å²) in [5, 5.41) is 9.68. The number of aromatic amines is 2. The number of ether oxygens (including phenoxy) is 2. The van der Waals surface area contributed by atoms with E-state index >= 15 is 0 Å². The van der Waals surface area contributed by atoms with E-state index in [1.54, 1.807) is 37.4 Å². The van der Waals surface area contributed by atoms with Crippen LogP contribution in [-0.2, 0) is 9.53 Å². The molecule has 0 aliphatic heterocycles. The molecular formula is C20H20N4O6. The smallest absolute Gasteiger partial charge is 0.272 e. The van der Waals surface area contributed by atoms with Crippen LogP contribution < -0.4 is 26.5 Å². The highest BCUT2D eigenvalue weighted by molar-refractivity contribution is 6.04. The molecular weight excluding hydrogens is 392 g/mol. The molecule has 0 spiro atoms. The molecule has 0 aliphatic carbocycles. The first-order chi connectivity index (χ1) is 14.5. The van der Waals surface area contributed by atoms with Crippen LogP contribution >= 0.6 is 0 Å². The summed E-state index contributed by atoms with van der Waals surface area (Å²) in [5.74, 6) is -0.512.